The number of likely N-dealkylation sites (tertiary alicyclic amines) is 1. The van der Waals surface area contributed by atoms with Crippen molar-refractivity contribution in [2.75, 3.05) is 20.1 Å². The standard InChI is InChI=1S/C15H21BrN2O/c1-17-11-13-6-4-10-18(13)15(19)9-8-12-5-2-3-7-14(12)16/h2-3,5,7,13,17H,4,6,8-11H2,1H3/t13-/m0/s1. The summed E-state index contributed by atoms with van der Waals surface area (Å²) >= 11 is 3.53. The zero-order chi connectivity index (χ0) is 13.7. The van der Waals surface area contributed by atoms with Crippen LogP contribution in [0.4, 0.5) is 0 Å². The molecule has 1 aromatic rings. The molecule has 0 saturated carbocycles. The van der Waals surface area contributed by atoms with Gasteiger partial charge in [0.15, 0.2) is 0 Å². The molecule has 0 bridgehead atoms. The van der Waals surface area contributed by atoms with Gasteiger partial charge in [-0.2, -0.15) is 0 Å². The second-order valence-electron chi connectivity index (χ2n) is 5.03. The van der Waals surface area contributed by atoms with Gasteiger partial charge in [-0.1, -0.05) is 34.1 Å². The van der Waals surface area contributed by atoms with Gasteiger partial charge in [0.1, 0.15) is 0 Å². The van der Waals surface area contributed by atoms with Gasteiger partial charge in [0.2, 0.25) is 5.91 Å². The molecule has 1 aromatic carbocycles. The van der Waals surface area contributed by atoms with E-state index >= 15 is 0 Å². The molecule has 2 rings (SSSR count). The Morgan fingerprint density at radius 3 is 3.00 bits per heavy atom. The second kappa shape index (κ2) is 7.06. The molecule has 0 aromatic heterocycles. The fourth-order valence-electron chi connectivity index (χ4n) is 2.70. The van der Waals surface area contributed by atoms with E-state index in [0.29, 0.717) is 12.5 Å². The van der Waals surface area contributed by atoms with Crippen LogP contribution in [0.1, 0.15) is 24.8 Å². The SMILES string of the molecule is CNC[C@@H]1CCCN1C(=O)CCc1ccccc1Br. The first kappa shape index (κ1) is 14.5. The molecule has 0 spiro atoms. The third kappa shape index (κ3) is 3.80. The van der Waals surface area contributed by atoms with E-state index in [0.717, 1.165) is 36.8 Å². The number of carbonyl (C=O) groups excluding carboxylic acids is 1. The number of likely N-dealkylation sites (N-methyl/N-ethyl adjacent to an activating group) is 1. The van der Waals surface area contributed by atoms with E-state index in [9.17, 15) is 4.79 Å². The minimum Gasteiger partial charge on any atom is -0.338 e. The molecule has 3 nitrogen and oxygen atoms in total. The van der Waals surface area contributed by atoms with Gasteiger partial charge in [-0.05, 0) is 37.9 Å². The normalized spacial score (nSPS) is 18.8. The summed E-state index contributed by atoms with van der Waals surface area (Å²) in [5.74, 6) is 0.286. The third-order valence-corrected chi connectivity index (χ3v) is 4.48. The molecule has 1 saturated heterocycles. The van der Waals surface area contributed by atoms with Crippen molar-refractivity contribution in [3.8, 4) is 0 Å². The van der Waals surface area contributed by atoms with E-state index in [-0.39, 0.29) is 5.91 Å². The van der Waals surface area contributed by atoms with Crippen LogP contribution in [0, 0.1) is 0 Å². The number of nitrogens with zero attached hydrogens (tertiary/aromatic N) is 1. The maximum atomic E-state index is 12.3. The maximum absolute atomic E-state index is 12.3. The average molecular weight is 325 g/mol. The predicted molar refractivity (Wildman–Crippen MR) is 81.1 cm³/mol. The van der Waals surface area contributed by atoms with Crippen LogP contribution in [0.5, 0.6) is 0 Å². The topological polar surface area (TPSA) is 32.3 Å². The largest absolute Gasteiger partial charge is 0.338 e. The van der Waals surface area contributed by atoms with Gasteiger partial charge < -0.3 is 10.2 Å². The van der Waals surface area contributed by atoms with E-state index < -0.39 is 0 Å². The van der Waals surface area contributed by atoms with Gasteiger partial charge in [-0.3, -0.25) is 4.79 Å². The fourth-order valence-corrected chi connectivity index (χ4v) is 3.18. The van der Waals surface area contributed by atoms with Crippen LogP contribution < -0.4 is 5.32 Å². The molecule has 1 fully saturated rings. The lowest BCUT2D eigenvalue weighted by Gasteiger charge is -2.24. The number of carbonyl (C=O) groups is 1. The van der Waals surface area contributed by atoms with Crippen molar-refractivity contribution in [1.29, 1.82) is 0 Å². The number of hydrogen-bond acceptors (Lipinski definition) is 2. The van der Waals surface area contributed by atoms with Crippen molar-refractivity contribution >= 4 is 21.8 Å². The molecule has 0 radical (unpaired) electrons. The zero-order valence-corrected chi connectivity index (χ0v) is 12.9. The quantitative estimate of drug-likeness (QED) is 0.902. The lowest BCUT2D eigenvalue weighted by molar-refractivity contribution is -0.131. The summed E-state index contributed by atoms with van der Waals surface area (Å²) < 4.78 is 1.09. The van der Waals surface area contributed by atoms with Crippen LogP contribution in [-0.4, -0.2) is 37.0 Å². The molecule has 4 heteroatoms. The summed E-state index contributed by atoms with van der Waals surface area (Å²) in [5, 5.41) is 3.18. The number of amides is 1. The minimum absolute atomic E-state index is 0.286. The van der Waals surface area contributed by atoms with Crippen LogP contribution in [0.25, 0.3) is 0 Å². The third-order valence-electron chi connectivity index (χ3n) is 3.70. The van der Waals surface area contributed by atoms with Gasteiger partial charge >= 0.3 is 0 Å². The number of hydrogen-bond donors (Lipinski definition) is 1. The van der Waals surface area contributed by atoms with Crippen LogP contribution >= 0.6 is 15.9 Å². The lowest BCUT2D eigenvalue weighted by atomic mass is 10.1. The van der Waals surface area contributed by atoms with E-state index in [4.69, 9.17) is 0 Å². The Balaban J connectivity index is 1.89. The summed E-state index contributed by atoms with van der Waals surface area (Å²) in [4.78, 5) is 14.3. The van der Waals surface area contributed by atoms with Crippen molar-refractivity contribution in [3.05, 3.63) is 34.3 Å². The van der Waals surface area contributed by atoms with Crippen LogP contribution in [-0.2, 0) is 11.2 Å². The number of halogens is 1. The maximum Gasteiger partial charge on any atom is 0.223 e. The Kier molecular flexibility index (Phi) is 5.40. The summed E-state index contributed by atoms with van der Waals surface area (Å²) in [7, 11) is 1.95. The number of benzene rings is 1. The number of rotatable bonds is 5. The Hall–Kier alpha value is -0.870. The summed E-state index contributed by atoms with van der Waals surface area (Å²) in [5.41, 5.74) is 1.21. The van der Waals surface area contributed by atoms with Crippen LogP contribution in [0.2, 0.25) is 0 Å². The fraction of sp³-hybridized carbons (Fsp3) is 0.533. The molecule has 1 atom stereocenters. The highest BCUT2D eigenvalue weighted by molar-refractivity contribution is 9.10. The lowest BCUT2D eigenvalue weighted by Crippen LogP contribution is -2.40. The molecular formula is C15H21BrN2O. The Morgan fingerprint density at radius 2 is 2.26 bits per heavy atom. The minimum atomic E-state index is 0.286. The molecule has 1 aliphatic rings. The summed E-state index contributed by atoms with van der Waals surface area (Å²) in [6, 6.07) is 8.51. The van der Waals surface area contributed by atoms with Crippen molar-refractivity contribution in [2.24, 2.45) is 0 Å². The zero-order valence-electron chi connectivity index (χ0n) is 11.4. The van der Waals surface area contributed by atoms with Crippen LogP contribution in [0.3, 0.4) is 0 Å². The van der Waals surface area contributed by atoms with E-state index in [2.05, 4.69) is 27.3 Å². The highest BCUT2D eigenvalue weighted by Crippen LogP contribution is 2.21. The van der Waals surface area contributed by atoms with Gasteiger partial charge in [0.25, 0.3) is 0 Å². The molecule has 1 amide bonds. The summed E-state index contributed by atoms with van der Waals surface area (Å²) in [6.07, 6.45) is 3.67. The average Bonchev–Trinajstić information content (AvgIpc) is 2.86. The Labute approximate surface area is 123 Å². The van der Waals surface area contributed by atoms with E-state index in [1.165, 1.54) is 5.56 Å². The highest BCUT2D eigenvalue weighted by atomic mass is 79.9. The van der Waals surface area contributed by atoms with Gasteiger partial charge in [-0.15, -0.1) is 0 Å². The van der Waals surface area contributed by atoms with Gasteiger partial charge in [0.05, 0.1) is 0 Å². The Morgan fingerprint density at radius 1 is 1.47 bits per heavy atom. The molecule has 1 N–H and O–H groups in total. The summed E-state index contributed by atoms with van der Waals surface area (Å²) in [6.45, 7) is 1.82. The number of aryl methyl sites for hydroxylation is 1. The molecule has 0 aliphatic carbocycles. The molecular weight excluding hydrogens is 304 g/mol. The number of nitrogens with one attached hydrogen (secondary N) is 1. The van der Waals surface area contributed by atoms with Crippen molar-refractivity contribution in [1.82, 2.24) is 10.2 Å². The van der Waals surface area contributed by atoms with E-state index in [1.54, 1.807) is 0 Å². The first-order valence-corrected chi connectivity index (χ1v) is 7.69. The van der Waals surface area contributed by atoms with Gasteiger partial charge in [0, 0.05) is 30.0 Å². The predicted octanol–water partition coefficient (Wildman–Crippen LogP) is 2.59. The molecule has 104 valence electrons. The first-order valence-electron chi connectivity index (χ1n) is 6.90. The molecule has 1 heterocycles. The van der Waals surface area contributed by atoms with Gasteiger partial charge in [-0.25, -0.2) is 0 Å². The van der Waals surface area contributed by atoms with Crippen molar-refractivity contribution in [3.63, 3.8) is 0 Å². The molecule has 1 aliphatic heterocycles. The van der Waals surface area contributed by atoms with Crippen molar-refractivity contribution < 1.29 is 4.79 Å². The smallest absolute Gasteiger partial charge is 0.223 e. The second-order valence-corrected chi connectivity index (χ2v) is 5.89. The van der Waals surface area contributed by atoms with E-state index in [1.807, 2.05) is 30.1 Å². The molecule has 19 heavy (non-hydrogen) atoms. The van der Waals surface area contributed by atoms with Crippen molar-refractivity contribution in [2.45, 2.75) is 31.7 Å². The Bertz CT molecular complexity index is 436. The first-order chi connectivity index (χ1) is 9.22. The van der Waals surface area contributed by atoms with Crippen LogP contribution in [0.15, 0.2) is 28.7 Å². The molecule has 0 unspecified atom stereocenters. The highest BCUT2D eigenvalue weighted by Gasteiger charge is 2.27. The monoisotopic (exact) mass is 324 g/mol.